The first-order valence-corrected chi connectivity index (χ1v) is 12.1. The fourth-order valence-corrected chi connectivity index (χ4v) is 4.87. The molecule has 2 aromatic heterocycles. The van der Waals surface area contributed by atoms with Gasteiger partial charge in [0.05, 0.1) is 17.6 Å². The highest BCUT2D eigenvalue weighted by Gasteiger charge is 2.23. The number of oxazole rings is 1. The van der Waals surface area contributed by atoms with Crippen molar-refractivity contribution in [3.05, 3.63) is 83.1 Å². The molecule has 4 aromatic rings. The second-order valence-electron chi connectivity index (χ2n) is 7.03. The molecule has 10 heteroatoms. The Labute approximate surface area is 194 Å². The summed E-state index contributed by atoms with van der Waals surface area (Å²) in [6.07, 6.45) is 1.41. The van der Waals surface area contributed by atoms with Crippen molar-refractivity contribution in [1.82, 2.24) is 4.98 Å². The standard InChI is InChI=1S/C23H20N2O6S2/c1-15-5-8-17(9-6-15)25-33(27,28)21-12-16(7-10-19(21)29-2)23(26)31-14-18-13-30-22(24-18)20-4-3-11-32-20/h3-13,25H,14H2,1-2H3. The lowest BCUT2D eigenvalue weighted by Crippen LogP contribution is -2.15. The molecule has 0 unspecified atom stereocenters. The van der Waals surface area contributed by atoms with Crippen molar-refractivity contribution in [3.63, 3.8) is 0 Å². The van der Waals surface area contributed by atoms with E-state index in [1.807, 2.05) is 24.4 Å². The average molecular weight is 485 g/mol. The first-order chi connectivity index (χ1) is 15.9. The van der Waals surface area contributed by atoms with Crippen LogP contribution in [0.15, 0.2) is 75.6 Å². The highest BCUT2D eigenvalue weighted by Crippen LogP contribution is 2.28. The van der Waals surface area contributed by atoms with Gasteiger partial charge in [-0.2, -0.15) is 0 Å². The number of aromatic nitrogens is 1. The van der Waals surface area contributed by atoms with Gasteiger partial charge in [0.1, 0.15) is 29.2 Å². The van der Waals surface area contributed by atoms with Crippen LogP contribution in [0, 0.1) is 6.92 Å². The molecule has 0 amide bonds. The van der Waals surface area contributed by atoms with Crippen LogP contribution >= 0.6 is 11.3 Å². The van der Waals surface area contributed by atoms with E-state index in [1.54, 1.807) is 24.3 Å². The Bertz CT molecular complexity index is 1360. The summed E-state index contributed by atoms with van der Waals surface area (Å²) in [5.41, 5.74) is 1.88. The monoisotopic (exact) mass is 484 g/mol. The molecule has 2 heterocycles. The molecule has 33 heavy (non-hydrogen) atoms. The average Bonchev–Trinajstić information content (AvgIpc) is 3.50. The van der Waals surface area contributed by atoms with Crippen LogP contribution in [0.1, 0.15) is 21.6 Å². The van der Waals surface area contributed by atoms with Crippen molar-refractivity contribution in [2.75, 3.05) is 11.8 Å². The van der Waals surface area contributed by atoms with Gasteiger partial charge in [0, 0.05) is 5.69 Å². The Balaban J connectivity index is 1.50. The summed E-state index contributed by atoms with van der Waals surface area (Å²) < 4.78 is 44.3. The van der Waals surface area contributed by atoms with E-state index in [-0.39, 0.29) is 22.8 Å². The van der Waals surface area contributed by atoms with Crippen LogP contribution in [0.4, 0.5) is 5.69 Å². The third kappa shape index (κ3) is 5.24. The minimum Gasteiger partial charge on any atom is -0.495 e. The number of methoxy groups -OCH3 is 1. The minimum absolute atomic E-state index is 0.0575. The third-order valence-corrected chi connectivity index (χ3v) is 6.89. The lowest BCUT2D eigenvalue weighted by Gasteiger charge is -2.13. The van der Waals surface area contributed by atoms with Crippen molar-refractivity contribution in [1.29, 1.82) is 0 Å². The van der Waals surface area contributed by atoms with E-state index in [2.05, 4.69) is 9.71 Å². The summed E-state index contributed by atoms with van der Waals surface area (Å²) >= 11 is 1.48. The van der Waals surface area contributed by atoms with Crippen LogP contribution in [0.5, 0.6) is 5.75 Å². The van der Waals surface area contributed by atoms with Gasteiger partial charge in [-0.15, -0.1) is 11.3 Å². The number of esters is 1. The van der Waals surface area contributed by atoms with Crippen LogP contribution in [-0.4, -0.2) is 26.5 Å². The zero-order valence-electron chi connectivity index (χ0n) is 17.8. The van der Waals surface area contributed by atoms with Gasteiger partial charge in [-0.3, -0.25) is 4.72 Å². The summed E-state index contributed by atoms with van der Waals surface area (Å²) in [6.45, 7) is 1.78. The first kappa shape index (κ1) is 22.6. The van der Waals surface area contributed by atoms with Gasteiger partial charge in [-0.25, -0.2) is 18.2 Å². The molecule has 2 aromatic carbocycles. The molecule has 0 radical (unpaired) electrons. The van der Waals surface area contributed by atoms with Crippen LogP contribution in [0.2, 0.25) is 0 Å². The van der Waals surface area contributed by atoms with Gasteiger partial charge < -0.3 is 13.9 Å². The number of anilines is 1. The number of thiophene rings is 1. The molecule has 0 bridgehead atoms. The molecular formula is C23H20N2O6S2. The molecule has 0 aliphatic rings. The third-order valence-electron chi connectivity index (χ3n) is 4.63. The molecule has 0 spiro atoms. The zero-order chi connectivity index (χ0) is 23.4. The molecular weight excluding hydrogens is 464 g/mol. The Morgan fingerprint density at radius 2 is 1.94 bits per heavy atom. The smallest absolute Gasteiger partial charge is 0.338 e. The topological polar surface area (TPSA) is 108 Å². The Morgan fingerprint density at radius 3 is 2.64 bits per heavy atom. The first-order valence-electron chi connectivity index (χ1n) is 9.78. The number of nitrogens with zero attached hydrogens (tertiary/aromatic N) is 1. The van der Waals surface area contributed by atoms with Gasteiger partial charge in [0.25, 0.3) is 10.0 Å². The van der Waals surface area contributed by atoms with E-state index in [0.717, 1.165) is 10.4 Å². The number of rotatable bonds is 8. The van der Waals surface area contributed by atoms with Gasteiger partial charge >= 0.3 is 5.97 Å². The van der Waals surface area contributed by atoms with Crippen LogP contribution in [-0.2, 0) is 21.4 Å². The van der Waals surface area contributed by atoms with E-state index in [4.69, 9.17) is 13.9 Å². The summed E-state index contributed by atoms with van der Waals surface area (Å²) in [4.78, 5) is 17.6. The maximum absolute atomic E-state index is 13.0. The molecule has 0 saturated carbocycles. The number of nitrogens with one attached hydrogen (secondary N) is 1. The fraction of sp³-hybridized carbons (Fsp3) is 0.130. The number of aryl methyl sites for hydroxylation is 1. The Hall–Kier alpha value is -3.63. The molecule has 1 N–H and O–H groups in total. The number of ether oxygens (including phenoxy) is 2. The van der Waals surface area contributed by atoms with Gasteiger partial charge in [-0.05, 0) is 48.7 Å². The minimum atomic E-state index is -4.02. The molecule has 0 saturated heterocycles. The van der Waals surface area contributed by atoms with Gasteiger partial charge in [0.2, 0.25) is 5.89 Å². The predicted octanol–water partition coefficient (Wildman–Crippen LogP) is 4.88. The quantitative estimate of drug-likeness (QED) is 0.355. The number of sulfonamides is 1. The van der Waals surface area contributed by atoms with Crippen LogP contribution in [0.3, 0.4) is 0 Å². The maximum Gasteiger partial charge on any atom is 0.338 e. The van der Waals surface area contributed by atoms with E-state index >= 15 is 0 Å². The number of hydrogen-bond donors (Lipinski definition) is 1. The molecule has 0 atom stereocenters. The highest BCUT2D eigenvalue weighted by molar-refractivity contribution is 7.92. The summed E-state index contributed by atoms with van der Waals surface area (Å²) in [7, 11) is -2.67. The second-order valence-corrected chi connectivity index (χ2v) is 9.63. The lowest BCUT2D eigenvalue weighted by atomic mass is 10.2. The Morgan fingerprint density at radius 1 is 1.15 bits per heavy atom. The zero-order valence-corrected chi connectivity index (χ0v) is 19.4. The Kier molecular flexibility index (Phi) is 6.47. The number of carbonyl (C=O) groups is 1. The normalized spacial score (nSPS) is 11.2. The number of benzene rings is 2. The van der Waals surface area contributed by atoms with Gasteiger partial charge in [-0.1, -0.05) is 23.8 Å². The van der Waals surface area contributed by atoms with E-state index in [0.29, 0.717) is 17.3 Å². The largest absolute Gasteiger partial charge is 0.495 e. The molecule has 0 aliphatic heterocycles. The number of carbonyl (C=O) groups excluding carboxylic acids is 1. The van der Waals surface area contributed by atoms with E-state index in [1.165, 1.54) is 42.9 Å². The van der Waals surface area contributed by atoms with Crippen molar-refractivity contribution in [2.45, 2.75) is 18.4 Å². The van der Waals surface area contributed by atoms with Crippen LogP contribution in [0.25, 0.3) is 10.8 Å². The second kappa shape index (κ2) is 9.47. The summed E-state index contributed by atoms with van der Waals surface area (Å²) in [5, 5.41) is 1.90. The predicted molar refractivity (Wildman–Crippen MR) is 124 cm³/mol. The van der Waals surface area contributed by atoms with Crippen LogP contribution < -0.4 is 9.46 Å². The molecule has 8 nitrogen and oxygen atoms in total. The van der Waals surface area contributed by atoms with E-state index in [9.17, 15) is 13.2 Å². The summed E-state index contributed by atoms with van der Waals surface area (Å²) in [5.74, 6) is -0.163. The van der Waals surface area contributed by atoms with Crippen molar-refractivity contribution < 1.29 is 27.1 Å². The van der Waals surface area contributed by atoms with Gasteiger partial charge in [0.15, 0.2) is 0 Å². The maximum atomic E-state index is 13.0. The molecule has 0 fully saturated rings. The van der Waals surface area contributed by atoms with Crippen molar-refractivity contribution in [2.24, 2.45) is 0 Å². The molecule has 170 valence electrons. The highest BCUT2D eigenvalue weighted by atomic mass is 32.2. The fourth-order valence-electron chi connectivity index (χ4n) is 2.95. The molecule has 4 rings (SSSR count). The molecule has 0 aliphatic carbocycles. The van der Waals surface area contributed by atoms with Crippen molar-refractivity contribution in [3.8, 4) is 16.5 Å². The number of hydrogen-bond acceptors (Lipinski definition) is 8. The SMILES string of the molecule is COc1ccc(C(=O)OCc2coc(-c3cccs3)n2)cc1S(=O)(=O)Nc1ccc(C)cc1. The lowest BCUT2D eigenvalue weighted by molar-refractivity contribution is 0.0467. The van der Waals surface area contributed by atoms with Crippen molar-refractivity contribution >= 4 is 33.0 Å². The van der Waals surface area contributed by atoms with E-state index < -0.39 is 16.0 Å². The summed E-state index contributed by atoms with van der Waals surface area (Å²) in [6, 6.07) is 14.7.